The molecule has 0 spiro atoms. The van der Waals surface area contributed by atoms with Crippen LogP contribution < -0.4 is 11.1 Å². The largest absolute Gasteiger partial charge is 0.397 e. The van der Waals surface area contributed by atoms with Gasteiger partial charge in [-0.25, -0.2) is 0 Å². The summed E-state index contributed by atoms with van der Waals surface area (Å²) in [7, 11) is 3.43. The van der Waals surface area contributed by atoms with Crippen LogP contribution in [0.4, 0.5) is 17.1 Å². The molecular formula is C16H18BrN3O. The molecular weight excluding hydrogens is 330 g/mol. The van der Waals surface area contributed by atoms with E-state index in [-0.39, 0.29) is 5.91 Å². The fourth-order valence-electron chi connectivity index (χ4n) is 1.93. The highest BCUT2D eigenvalue weighted by Gasteiger charge is 2.10. The zero-order valence-electron chi connectivity index (χ0n) is 12.3. The minimum Gasteiger partial charge on any atom is -0.397 e. The summed E-state index contributed by atoms with van der Waals surface area (Å²) in [6, 6.07) is 11.3. The lowest BCUT2D eigenvalue weighted by atomic mass is 10.1. The van der Waals surface area contributed by atoms with Crippen LogP contribution in [0, 0.1) is 6.92 Å². The van der Waals surface area contributed by atoms with E-state index < -0.39 is 0 Å². The second-order valence-corrected chi connectivity index (χ2v) is 5.96. The zero-order chi connectivity index (χ0) is 15.6. The number of amides is 1. The summed E-state index contributed by atoms with van der Waals surface area (Å²) in [5.41, 5.74) is 10.0. The molecule has 0 aromatic heterocycles. The third kappa shape index (κ3) is 3.55. The predicted octanol–water partition coefficient (Wildman–Crippen LogP) is 3.79. The quantitative estimate of drug-likeness (QED) is 0.830. The summed E-state index contributed by atoms with van der Waals surface area (Å²) >= 11 is 3.52. The normalized spacial score (nSPS) is 10.3. The minimum atomic E-state index is -0.0650. The van der Waals surface area contributed by atoms with Gasteiger partial charge in [-0.3, -0.25) is 4.79 Å². The van der Waals surface area contributed by atoms with Crippen molar-refractivity contribution in [2.75, 3.05) is 25.1 Å². The molecule has 2 rings (SSSR count). The first kappa shape index (κ1) is 15.4. The van der Waals surface area contributed by atoms with Crippen LogP contribution in [-0.2, 0) is 0 Å². The first-order valence-corrected chi connectivity index (χ1v) is 7.32. The number of nitrogens with zero attached hydrogens (tertiary/aromatic N) is 1. The Balaban J connectivity index is 2.27. The van der Waals surface area contributed by atoms with Gasteiger partial charge in [0.1, 0.15) is 0 Å². The maximum Gasteiger partial charge on any atom is 0.253 e. The minimum absolute atomic E-state index is 0.0650. The lowest BCUT2D eigenvalue weighted by Gasteiger charge is -2.14. The van der Waals surface area contributed by atoms with E-state index >= 15 is 0 Å². The second kappa shape index (κ2) is 6.18. The summed E-state index contributed by atoms with van der Waals surface area (Å²) in [4.78, 5) is 13.4. The number of anilines is 3. The third-order valence-electron chi connectivity index (χ3n) is 3.10. The Hall–Kier alpha value is -2.01. The van der Waals surface area contributed by atoms with Gasteiger partial charge < -0.3 is 16.0 Å². The van der Waals surface area contributed by atoms with Gasteiger partial charge in [-0.15, -0.1) is 0 Å². The highest BCUT2D eigenvalue weighted by Crippen LogP contribution is 2.30. The number of rotatable bonds is 3. The Morgan fingerprint density at radius 2 is 1.81 bits per heavy atom. The van der Waals surface area contributed by atoms with Crippen molar-refractivity contribution in [2.24, 2.45) is 0 Å². The molecule has 0 unspecified atom stereocenters. The number of nitrogens with one attached hydrogen (secondary N) is 1. The lowest BCUT2D eigenvalue weighted by Crippen LogP contribution is -2.21. The molecule has 2 aromatic rings. The number of carbonyl (C=O) groups is 1. The molecule has 0 aliphatic heterocycles. The molecule has 0 aliphatic rings. The molecule has 110 valence electrons. The van der Waals surface area contributed by atoms with Gasteiger partial charge in [0, 0.05) is 24.1 Å². The van der Waals surface area contributed by atoms with Crippen LogP contribution >= 0.6 is 15.9 Å². The standard InChI is InChI=1S/C16H18BrN3O/c1-10-4-6-14(12(17)8-10)19-15-7-5-11(9-13(15)18)16(21)20(2)3/h4-9,19H,18H2,1-3H3. The zero-order valence-corrected chi connectivity index (χ0v) is 13.9. The van der Waals surface area contributed by atoms with Crippen molar-refractivity contribution in [3.63, 3.8) is 0 Å². The van der Waals surface area contributed by atoms with E-state index in [1.54, 1.807) is 26.2 Å². The van der Waals surface area contributed by atoms with E-state index in [4.69, 9.17) is 5.73 Å². The monoisotopic (exact) mass is 347 g/mol. The van der Waals surface area contributed by atoms with Crippen molar-refractivity contribution >= 4 is 38.9 Å². The molecule has 0 aliphatic carbocycles. The van der Waals surface area contributed by atoms with Crippen LogP contribution in [0.2, 0.25) is 0 Å². The molecule has 0 radical (unpaired) electrons. The number of carbonyl (C=O) groups excluding carboxylic acids is 1. The molecule has 4 nitrogen and oxygen atoms in total. The van der Waals surface area contributed by atoms with Crippen LogP contribution in [0.5, 0.6) is 0 Å². The van der Waals surface area contributed by atoms with Crippen LogP contribution in [0.25, 0.3) is 0 Å². The summed E-state index contributed by atoms with van der Waals surface area (Å²) < 4.78 is 0.968. The molecule has 1 amide bonds. The Bertz CT molecular complexity index is 683. The van der Waals surface area contributed by atoms with Crippen LogP contribution in [0.15, 0.2) is 40.9 Å². The molecule has 0 fully saturated rings. The van der Waals surface area contributed by atoms with E-state index in [1.165, 1.54) is 10.5 Å². The van der Waals surface area contributed by atoms with Crippen LogP contribution in [-0.4, -0.2) is 24.9 Å². The van der Waals surface area contributed by atoms with E-state index in [1.807, 2.05) is 31.2 Å². The smallest absolute Gasteiger partial charge is 0.253 e. The average Bonchev–Trinajstić information content (AvgIpc) is 2.42. The van der Waals surface area contributed by atoms with E-state index in [9.17, 15) is 4.79 Å². The predicted molar refractivity (Wildman–Crippen MR) is 91.0 cm³/mol. The van der Waals surface area contributed by atoms with Crippen molar-refractivity contribution in [3.8, 4) is 0 Å². The maximum atomic E-state index is 11.9. The maximum absolute atomic E-state index is 11.9. The van der Waals surface area contributed by atoms with Gasteiger partial charge >= 0.3 is 0 Å². The van der Waals surface area contributed by atoms with Gasteiger partial charge in [0.2, 0.25) is 0 Å². The Morgan fingerprint density at radius 1 is 1.14 bits per heavy atom. The average molecular weight is 348 g/mol. The Kier molecular flexibility index (Phi) is 4.53. The van der Waals surface area contributed by atoms with Crippen LogP contribution in [0.3, 0.4) is 0 Å². The molecule has 0 heterocycles. The molecule has 0 saturated heterocycles. The lowest BCUT2D eigenvalue weighted by molar-refractivity contribution is 0.0827. The SMILES string of the molecule is Cc1ccc(Nc2ccc(C(=O)N(C)C)cc2N)c(Br)c1. The molecule has 21 heavy (non-hydrogen) atoms. The summed E-state index contributed by atoms with van der Waals surface area (Å²) in [5.74, 6) is -0.0650. The van der Waals surface area contributed by atoms with Gasteiger partial charge in [0.25, 0.3) is 5.91 Å². The summed E-state index contributed by atoms with van der Waals surface area (Å²) in [5, 5.41) is 3.27. The molecule has 5 heteroatoms. The van der Waals surface area contributed by atoms with E-state index in [2.05, 4.69) is 21.2 Å². The number of halogens is 1. The van der Waals surface area contributed by atoms with Gasteiger partial charge in [0.05, 0.1) is 17.1 Å². The highest BCUT2D eigenvalue weighted by molar-refractivity contribution is 9.10. The highest BCUT2D eigenvalue weighted by atomic mass is 79.9. The topological polar surface area (TPSA) is 58.4 Å². The molecule has 3 N–H and O–H groups in total. The van der Waals surface area contributed by atoms with Gasteiger partial charge in [-0.1, -0.05) is 6.07 Å². The van der Waals surface area contributed by atoms with Crippen molar-refractivity contribution in [3.05, 3.63) is 52.0 Å². The number of nitrogen functional groups attached to an aromatic ring is 1. The van der Waals surface area contributed by atoms with Crippen molar-refractivity contribution in [1.82, 2.24) is 4.90 Å². The van der Waals surface area contributed by atoms with Crippen molar-refractivity contribution in [2.45, 2.75) is 6.92 Å². The van der Waals surface area contributed by atoms with Crippen molar-refractivity contribution in [1.29, 1.82) is 0 Å². The fraction of sp³-hybridized carbons (Fsp3) is 0.188. The number of benzene rings is 2. The van der Waals surface area contributed by atoms with E-state index in [0.717, 1.165) is 15.8 Å². The number of nitrogens with two attached hydrogens (primary N) is 1. The van der Waals surface area contributed by atoms with Gasteiger partial charge in [0.15, 0.2) is 0 Å². The summed E-state index contributed by atoms with van der Waals surface area (Å²) in [6.07, 6.45) is 0. The number of aryl methyl sites for hydroxylation is 1. The molecule has 0 atom stereocenters. The second-order valence-electron chi connectivity index (χ2n) is 5.11. The fourth-order valence-corrected chi connectivity index (χ4v) is 2.53. The molecule has 0 bridgehead atoms. The first-order valence-electron chi connectivity index (χ1n) is 6.53. The van der Waals surface area contributed by atoms with Gasteiger partial charge in [-0.05, 0) is 58.7 Å². The number of hydrogen-bond donors (Lipinski definition) is 2. The first-order chi connectivity index (χ1) is 9.88. The van der Waals surface area contributed by atoms with Crippen molar-refractivity contribution < 1.29 is 4.79 Å². The number of hydrogen-bond acceptors (Lipinski definition) is 3. The molecule has 0 saturated carbocycles. The Labute approximate surface area is 133 Å². The summed E-state index contributed by atoms with van der Waals surface area (Å²) in [6.45, 7) is 2.03. The Morgan fingerprint density at radius 3 is 2.38 bits per heavy atom. The van der Waals surface area contributed by atoms with Crippen LogP contribution in [0.1, 0.15) is 15.9 Å². The van der Waals surface area contributed by atoms with Gasteiger partial charge in [-0.2, -0.15) is 0 Å². The van der Waals surface area contributed by atoms with E-state index in [0.29, 0.717) is 11.3 Å². The molecule has 2 aromatic carbocycles. The third-order valence-corrected chi connectivity index (χ3v) is 3.75.